The molecule has 0 bridgehead atoms. The lowest BCUT2D eigenvalue weighted by Crippen LogP contribution is -2.42. The number of fused-ring (bicyclic) bond motifs is 1. The number of ketones is 1. The Bertz CT molecular complexity index is 882. The lowest BCUT2D eigenvalue weighted by atomic mass is 9.60. The largest absolute Gasteiger partial charge is 0.461 e. The van der Waals surface area contributed by atoms with E-state index in [-0.39, 0.29) is 28.7 Å². The fourth-order valence-electron chi connectivity index (χ4n) is 6.94. The summed E-state index contributed by atoms with van der Waals surface area (Å²) in [5.74, 6) is 0.427. The van der Waals surface area contributed by atoms with Crippen LogP contribution in [0.3, 0.4) is 0 Å². The standard InChI is InChI=1S/C29H43BrO5/c1-18-8-11-22(35-26(32)17-30)16-21(18)10-9-20-7-6-14-29(5)23(12-13-24(20)29)19(2)15-25(31)27(33)28(3,4)34/h9-10,19,22-25,31,34H,1,6-8,11-17H2,2-5H3/b20-9+,21-10-/t19-,22-,23+,24?,25?,29?/m0/s1. The average Bonchev–Trinajstić information content (AvgIpc) is 3.15. The molecule has 0 aliphatic heterocycles. The third kappa shape index (κ3) is 6.56. The van der Waals surface area contributed by atoms with Gasteiger partial charge in [-0.25, -0.2) is 0 Å². The van der Waals surface area contributed by atoms with E-state index in [1.165, 1.54) is 25.0 Å². The molecular weight excluding hydrogens is 508 g/mol. The highest BCUT2D eigenvalue weighted by Gasteiger charge is 2.51. The number of ether oxygens (including phenoxy) is 1. The third-order valence-corrected chi connectivity index (χ3v) is 9.26. The molecule has 3 aliphatic rings. The zero-order valence-corrected chi connectivity index (χ0v) is 23.4. The highest BCUT2D eigenvalue weighted by Crippen LogP contribution is 2.60. The summed E-state index contributed by atoms with van der Waals surface area (Å²) in [6.45, 7) is 11.7. The van der Waals surface area contributed by atoms with Gasteiger partial charge in [0.25, 0.3) is 0 Å². The van der Waals surface area contributed by atoms with Crippen molar-refractivity contribution in [2.75, 3.05) is 5.33 Å². The normalized spacial score (nSPS) is 33.5. The van der Waals surface area contributed by atoms with Gasteiger partial charge in [-0.1, -0.05) is 59.7 Å². The zero-order chi connectivity index (χ0) is 26.0. The number of carbonyl (C=O) groups is 2. The van der Waals surface area contributed by atoms with Crippen molar-refractivity contribution in [3.8, 4) is 0 Å². The van der Waals surface area contributed by atoms with Crippen molar-refractivity contribution in [2.24, 2.45) is 23.2 Å². The SMILES string of the molecule is C=C1CC[C@H](OC(=O)CBr)C/C1=C/C=C1\CCCC2(C)C1CC[C@@H]2[C@@H](C)CC(O)C(=O)C(C)(C)O. The lowest BCUT2D eigenvalue weighted by molar-refractivity contribution is -0.146. The van der Waals surface area contributed by atoms with Gasteiger partial charge in [-0.05, 0) is 94.0 Å². The van der Waals surface area contributed by atoms with E-state index >= 15 is 0 Å². The minimum absolute atomic E-state index is 0.0819. The first-order valence-electron chi connectivity index (χ1n) is 13.1. The van der Waals surface area contributed by atoms with Crippen LogP contribution in [0, 0.1) is 23.2 Å². The second-order valence-corrected chi connectivity index (χ2v) is 12.3. The maximum absolute atomic E-state index is 12.3. The van der Waals surface area contributed by atoms with Crippen LogP contribution in [0.2, 0.25) is 0 Å². The highest BCUT2D eigenvalue weighted by atomic mass is 79.9. The van der Waals surface area contributed by atoms with Gasteiger partial charge < -0.3 is 14.9 Å². The Kier molecular flexibility index (Phi) is 9.26. The first-order valence-corrected chi connectivity index (χ1v) is 14.3. The molecule has 3 unspecified atom stereocenters. The van der Waals surface area contributed by atoms with E-state index in [0.29, 0.717) is 18.3 Å². The topological polar surface area (TPSA) is 83.8 Å². The summed E-state index contributed by atoms with van der Waals surface area (Å²) >= 11 is 3.17. The molecule has 0 spiro atoms. The number of allylic oxidation sites excluding steroid dienone is 4. The van der Waals surface area contributed by atoms with Crippen molar-refractivity contribution < 1.29 is 24.5 Å². The fraction of sp³-hybridized carbons (Fsp3) is 0.724. The maximum atomic E-state index is 12.3. The summed E-state index contributed by atoms with van der Waals surface area (Å²) in [7, 11) is 0. The van der Waals surface area contributed by atoms with Crippen LogP contribution in [-0.2, 0) is 14.3 Å². The number of hydrogen-bond acceptors (Lipinski definition) is 5. The van der Waals surface area contributed by atoms with Gasteiger partial charge in [0.2, 0.25) is 0 Å². The van der Waals surface area contributed by atoms with Crippen molar-refractivity contribution in [3.05, 3.63) is 35.5 Å². The van der Waals surface area contributed by atoms with Crippen LogP contribution < -0.4 is 0 Å². The molecule has 0 radical (unpaired) electrons. The highest BCUT2D eigenvalue weighted by molar-refractivity contribution is 9.09. The Morgan fingerprint density at radius 2 is 1.97 bits per heavy atom. The van der Waals surface area contributed by atoms with E-state index in [0.717, 1.165) is 56.9 Å². The molecule has 0 saturated heterocycles. The minimum Gasteiger partial charge on any atom is -0.461 e. The van der Waals surface area contributed by atoms with E-state index in [2.05, 4.69) is 48.5 Å². The first kappa shape index (κ1) is 28.3. The quantitative estimate of drug-likeness (QED) is 0.293. The summed E-state index contributed by atoms with van der Waals surface area (Å²) < 4.78 is 5.56. The van der Waals surface area contributed by atoms with Gasteiger partial charge in [0.15, 0.2) is 5.78 Å². The summed E-state index contributed by atoms with van der Waals surface area (Å²) in [5, 5.41) is 20.7. The van der Waals surface area contributed by atoms with Crippen molar-refractivity contribution in [2.45, 2.75) is 103 Å². The molecule has 3 rings (SSSR count). The number of halogens is 1. The Morgan fingerprint density at radius 3 is 2.63 bits per heavy atom. The molecule has 3 aliphatic carbocycles. The van der Waals surface area contributed by atoms with Crippen molar-refractivity contribution in [3.63, 3.8) is 0 Å². The Hall–Kier alpha value is -1.24. The van der Waals surface area contributed by atoms with Gasteiger partial charge in [0.1, 0.15) is 23.1 Å². The van der Waals surface area contributed by atoms with E-state index in [1.807, 2.05) is 0 Å². The molecule has 3 fully saturated rings. The fourth-order valence-corrected chi connectivity index (χ4v) is 7.08. The first-order chi connectivity index (χ1) is 16.4. The van der Waals surface area contributed by atoms with Gasteiger partial charge in [0.05, 0.1) is 0 Å². The number of alkyl halides is 1. The Morgan fingerprint density at radius 1 is 1.26 bits per heavy atom. The van der Waals surface area contributed by atoms with Crippen LogP contribution in [0.4, 0.5) is 0 Å². The zero-order valence-electron chi connectivity index (χ0n) is 21.8. The number of hydrogen-bond donors (Lipinski definition) is 2. The van der Waals surface area contributed by atoms with Gasteiger partial charge in [-0.2, -0.15) is 0 Å². The van der Waals surface area contributed by atoms with E-state index in [9.17, 15) is 19.8 Å². The predicted octanol–water partition coefficient (Wildman–Crippen LogP) is 5.83. The minimum atomic E-state index is -1.51. The molecule has 0 aromatic heterocycles. The van der Waals surface area contributed by atoms with Crippen LogP contribution in [0.5, 0.6) is 0 Å². The molecule has 0 aromatic carbocycles. The third-order valence-electron chi connectivity index (χ3n) is 8.80. The smallest absolute Gasteiger partial charge is 0.316 e. The van der Waals surface area contributed by atoms with Crippen LogP contribution in [0.1, 0.15) is 85.5 Å². The van der Waals surface area contributed by atoms with Crippen molar-refractivity contribution >= 4 is 27.7 Å². The van der Waals surface area contributed by atoms with Crippen LogP contribution in [0.25, 0.3) is 0 Å². The number of Topliss-reactive ketones (excluding diaryl/α,β-unsaturated/α-hetero) is 1. The van der Waals surface area contributed by atoms with Crippen molar-refractivity contribution in [1.82, 2.24) is 0 Å². The van der Waals surface area contributed by atoms with Gasteiger partial charge in [-0.3, -0.25) is 9.59 Å². The second-order valence-electron chi connectivity index (χ2n) is 11.8. The monoisotopic (exact) mass is 550 g/mol. The molecular formula is C29H43BrO5. The maximum Gasteiger partial charge on any atom is 0.316 e. The number of rotatable bonds is 8. The summed E-state index contributed by atoms with van der Waals surface area (Å²) in [6, 6.07) is 0. The summed E-state index contributed by atoms with van der Waals surface area (Å²) in [6.07, 6.45) is 11.7. The Balaban J connectivity index is 1.72. The Labute approximate surface area is 219 Å². The number of aliphatic hydroxyl groups is 2. The molecule has 196 valence electrons. The van der Waals surface area contributed by atoms with Crippen molar-refractivity contribution in [1.29, 1.82) is 0 Å². The van der Waals surface area contributed by atoms with Gasteiger partial charge in [0, 0.05) is 6.42 Å². The molecule has 5 nitrogen and oxygen atoms in total. The van der Waals surface area contributed by atoms with Gasteiger partial charge in [-0.15, -0.1) is 0 Å². The number of carbonyl (C=O) groups excluding carboxylic acids is 2. The lowest BCUT2D eigenvalue weighted by Gasteiger charge is -2.44. The molecule has 35 heavy (non-hydrogen) atoms. The molecule has 6 atom stereocenters. The van der Waals surface area contributed by atoms with Gasteiger partial charge >= 0.3 is 5.97 Å². The van der Waals surface area contributed by atoms with Crippen LogP contribution >= 0.6 is 15.9 Å². The summed E-state index contributed by atoms with van der Waals surface area (Å²) in [4.78, 5) is 24.0. The molecule has 6 heteroatoms. The second kappa shape index (κ2) is 11.4. The molecule has 0 heterocycles. The average molecular weight is 552 g/mol. The van der Waals surface area contributed by atoms with E-state index < -0.39 is 17.5 Å². The van der Waals surface area contributed by atoms with E-state index in [1.54, 1.807) is 0 Å². The molecule has 0 amide bonds. The van der Waals surface area contributed by atoms with Crippen LogP contribution in [-0.4, -0.2) is 45.1 Å². The van der Waals surface area contributed by atoms with E-state index in [4.69, 9.17) is 4.74 Å². The number of aliphatic hydroxyl groups excluding tert-OH is 1. The molecule has 0 aromatic rings. The molecule has 3 saturated carbocycles. The predicted molar refractivity (Wildman–Crippen MR) is 142 cm³/mol. The summed E-state index contributed by atoms with van der Waals surface area (Å²) in [5.41, 5.74) is 2.44. The van der Waals surface area contributed by atoms with Crippen LogP contribution in [0.15, 0.2) is 35.5 Å². The number of esters is 1. The molecule has 2 N–H and O–H groups in total.